The monoisotopic (exact) mass is 295 g/mol. The van der Waals surface area contributed by atoms with Crippen LogP contribution in [0.1, 0.15) is 29.9 Å². The van der Waals surface area contributed by atoms with Gasteiger partial charge in [-0.15, -0.1) is 0 Å². The Balaban J connectivity index is 2.03. The lowest BCUT2D eigenvalue weighted by Gasteiger charge is -2.12. The Morgan fingerprint density at radius 1 is 1.20 bits per heavy atom. The molecule has 2 aromatic rings. The van der Waals surface area contributed by atoms with E-state index in [0.717, 1.165) is 5.56 Å². The van der Waals surface area contributed by atoms with E-state index in [-0.39, 0.29) is 12.4 Å². The van der Waals surface area contributed by atoms with Crippen molar-refractivity contribution in [3.05, 3.63) is 59.5 Å². The highest BCUT2D eigenvalue weighted by atomic mass is 32.2. The van der Waals surface area contributed by atoms with Gasteiger partial charge in [-0.05, 0) is 30.2 Å². The first-order valence-corrected chi connectivity index (χ1v) is 7.87. The first-order valence-electron chi connectivity index (χ1n) is 6.22. The standard InChI is InChI=1S/C14H17NO4S/c1-11(14-3-2-8-19-14)15-20(17,18)10-13-6-4-12(9-16)5-7-13/h2-8,11,15-16H,9-10H2,1H3. The summed E-state index contributed by atoms with van der Waals surface area (Å²) in [6, 6.07) is 9.84. The largest absolute Gasteiger partial charge is 0.468 e. The number of nitrogens with one attached hydrogen (secondary N) is 1. The summed E-state index contributed by atoms with van der Waals surface area (Å²) in [5, 5.41) is 8.94. The molecule has 2 rings (SSSR count). The molecular formula is C14H17NO4S. The van der Waals surface area contributed by atoms with Crippen molar-refractivity contribution in [2.45, 2.75) is 25.3 Å². The Labute approximate surface area is 118 Å². The van der Waals surface area contributed by atoms with Gasteiger partial charge in [0.1, 0.15) is 5.76 Å². The molecule has 0 saturated carbocycles. The Hall–Kier alpha value is -1.63. The number of aliphatic hydroxyl groups excluding tert-OH is 1. The highest BCUT2D eigenvalue weighted by Gasteiger charge is 2.18. The second kappa shape index (κ2) is 6.21. The highest BCUT2D eigenvalue weighted by Crippen LogP contribution is 2.15. The minimum absolute atomic E-state index is 0.0548. The molecule has 1 atom stereocenters. The lowest BCUT2D eigenvalue weighted by atomic mass is 10.2. The first kappa shape index (κ1) is 14.8. The molecule has 1 unspecified atom stereocenters. The third-order valence-electron chi connectivity index (χ3n) is 2.89. The van der Waals surface area contributed by atoms with Gasteiger partial charge in [-0.25, -0.2) is 13.1 Å². The Morgan fingerprint density at radius 2 is 1.85 bits per heavy atom. The van der Waals surface area contributed by atoms with Crippen LogP contribution in [0.5, 0.6) is 0 Å². The Morgan fingerprint density at radius 3 is 2.40 bits per heavy atom. The molecule has 0 fully saturated rings. The minimum Gasteiger partial charge on any atom is -0.468 e. The molecule has 0 spiro atoms. The fourth-order valence-corrected chi connectivity index (χ4v) is 3.24. The number of benzene rings is 1. The van der Waals surface area contributed by atoms with Gasteiger partial charge in [0.25, 0.3) is 0 Å². The van der Waals surface area contributed by atoms with E-state index < -0.39 is 16.1 Å². The van der Waals surface area contributed by atoms with E-state index in [0.29, 0.717) is 11.3 Å². The van der Waals surface area contributed by atoms with Crippen molar-refractivity contribution in [1.29, 1.82) is 0 Å². The number of rotatable bonds is 6. The summed E-state index contributed by atoms with van der Waals surface area (Å²) < 4.78 is 31.8. The Bertz CT molecular complexity index is 632. The lowest BCUT2D eigenvalue weighted by molar-refractivity contribution is 0.282. The normalized spacial score (nSPS) is 13.3. The zero-order valence-corrected chi connectivity index (χ0v) is 11.9. The molecule has 0 radical (unpaired) electrons. The van der Waals surface area contributed by atoms with Crippen molar-refractivity contribution in [2.75, 3.05) is 0 Å². The molecular weight excluding hydrogens is 278 g/mol. The summed E-state index contributed by atoms with van der Waals surface area (Å²) >= 11 is 0. The SMILES string of the molecule is CC(NS(=O)(=O)Cc1ccc(CO)cc1)c1ccco1. The first-order chi connectivity index (χ1) is 9.50. The van der Waals surface area contributed by atoms with Gasteiger partial charge in [-0.1, -0.05) is 24.3 Å². The van der Waals surface area contributed by atoms with Gasteiger partial charge in [-0.2, -0.15) is 0 Å². The minimum atomic E-state index is -3.45. The van der Waals surface area contributed by atoms with Gasteiger partial charge in [0.2, 0.25) is 10.0 Å². The summed E-state index contributed by atoms with van der Waals surface area (Å²) in [4.78, 5) is 0. The predicted octanol–water partition coefficient (Wildman–Crippen LogP) is 1.95. The molecule has 1 heterocycles. The second-order valence-electron chi connectivity index (χ2n) is 4.59. The highest BCUT2D eigenvalue weighted by molar-refractivity contribution is 7.88. The van der Waals surface area contributed by atoms with Crippen LogP contribution in [0.15, 0.2) is 47.1 Å². The van der Waals surface area contributed by atoms with Gasteiger partial charge in [0, 0.05) is 0 Å². The van der Waals surface area contributed by atoms with Gasteiger partial charge in [0.15, 0.2) is 0 Å². The topological polar surface area (TPSA) is 79.5 Å². The summed E-state index contributed by atoms with van der Waals surface area (Å²) in [6.07, 6.45) is 1.51. The summed E-state index contributed by atoms with van der Waals surface area (Å²) in [6.45, 7) is 1.67. The third-order valence-corrected chi connectivity index (χ3v) is 4.31. The number of hydrogen-bond donors (Lipinski definition) is 2. The maximum Gasteiger partial charge on any atom is 0.216 e. The van der Waals surface area contributed by atoms with Crippen molar-refractivity contribution >= 4 is 10.0 Å². The Kier molecular flexibility index (Phi) is 4.59. The van der Waals surface area contributed by atoms with Crippen LogP contribution in [0.4, 0.5) is 0 Å². The van der Waals surface area contributed by atoms with Crippen molar-refractivity contribution in [3.8, 4) is 0 Å². The van der Waals surface area contributed by atoms with Crippen LogP contribution < -0.4 is 4.72 Å². The third kappa shape index (κ3) is 3.93. The second-order valence-corrected chi connectivity index (χ2v) is 6.34. The molecule has 0 aliphatic heterocycles. The van der Waals surface area contributed by atoms with Crippen LogP contribution >= 0.6 is 0 Å². The van der Waals surface area contributed by atoms with E-state index in [1.807, 2.05) is 0 Å². The predicted molar refractivity (Wildman–Crippen MR) is 75.2 cm³/mol. The van der Waals surface area contributed by atoms with Gasteiger partial charge < -0.3 is 9.52 Å². The molecule has 0 aliphatic carbocycles. The van der Waals surface area contributed by atoms with E-state index >= 15 is 0 Å². The molecule has 0 amide bonds. The maximum atomic E-state index is 12.1. The van der Waals surface area contributed by atoms with E-state index in [4.69, 9.17) is 9.52 Å². The summed E-state index contributed by atoms with van der Waals surface area (Å²) in [5.74, 6) is 0.466. The lowest BCUT2D eigenvalue weighted by Crippen LogP contribution is -2.27. The molecule has 20 heavy (non-hydrogen) atoms. The van der Waals surface area contributed by atoms with Gasteiger partial charge in [-0.3, -0.25) is 0 Å². The van der Waals surface area contributed by atoms with E-state index in [9.17, 15) is 8.42 Å². The van der Waals surface area contributed by atoms with E-state index in [1.165, 1.54) is 6.26 Å². The zero-order chi connectivity index (χ0) is 14.6. The molecule has 0 bridgehead atoms. The van der Waals surface area contributed by atoms with Crippen LogP contribution in [0.25, 0.3) is 0 Å². The summed E-state index contributed by atoms with van der Waals surface area (Å²) in [5.41, 5.74) is 1.42. The molecule has 1 aromatic carbocycles. The number of furan rings is 1. The van der Waals surface area contributed by atoms with Crippen molar-refractivity contribution in [2.24, 2.45) is 0 Å². The van der Waals surface area contributed by atoms with Crippen molar-refractivity contribution in [3.63, 3.8) is 0 Å². The molecule has 0 aliphatic rings. The number of hydrogen-bond acceptors (Lipinski definition) is 4. The summed E-state index contributed by atoms with van der Waals surface area (Å²) in [7, 11) is -3.45. The average Bonchev–Trinajstić information content (AvgIpc) is 2.92. The van der Waals surface area contributed by atoms with Crippen LogP contribution in [-0.4, -0.2) is 13.5 Å². The van der Waals surface area contributed by atoms with Crippen molar-refractivity contribution in [1.82, 2.24) is 4.72 Å². The van der Waals surface area contributed by atoms with Gasteiger partial charge in [0.05, 0.1) is 24.7 Å². The van der Waals surface area contributed by atoms with Crippen LogP contribution in [0.2, 0.25) is 0 Å². The fourth-order valence-electron chi connectivity index (χ4n) is 1.87. The number of aliphatic hydroxyl groups is 1. The van der Waals surface area contributed by atoms with Crippen LogP contribution in [0, 0.1) is 0 Å². The van der Waals surface area contributed by atoms with E-state index in [2.05, 4.69) is 4.72 Å². The van der Waals surface area contributed by atoms with Crippen LogP contribution in [0.3, 0.4) is 0 Å². The van der Waals surface area contributed by atoms with Crippen molar-refractivity contribution < 1.29 is 17.9 Å². The molecule has 108 valence electrons. The average molecular weight is 295 g/mol. The molecule has 1 aromatic heterocycles. The quantitative estimate of drug-likeness (QED) is 0.853. The molecule has 0 saturated heterocycles. The molecule has 5 nitrogen and oxygen atoms in total. The zero-order valence-electron chi connectivity index (χ0n) is 11.1. The van der Waals surface area contributed by atoms with E-state index in [1.54, 1.807) is 43.3 Å². The maximum absolute atomic E-state index is 12.1. The smallest absolute Gasteiger partial charge is 0.216 e. The number of sulfonamides is 1. The molecule has 2 N–H and O–H groups in total. The fraction of sp³-hybridized carbons (Fsp3) is 0.286. The molecule has 6 heteroatoms. The van der Waals surface area contributed by atoms with Gasteiger partial charge >= 0.3 is 0 Å². The van der Waals surface area contributed by atoms with Crippen LogP contribution in [-0.2, 0) is 22.4 Å².